The Hall–Kier alpha value is -2.19. The van der Waals surface area contributed by atoms with Gasteiger partial charge in [0.1, 0.15) is 0 Å². The van der Waals surface area contributed by atoms with Crippen LogP contribution in [-0.2, 0) is 12.4 Å². The second-order valence-electron chi connectivity index (χ2n) is 3.84. The van der Waals surface area contributed by atoms with Crippen LogP contribution in [0.25, 0.3) is 11.3 Å². The first-order chi connectivity index (χ1) is 9.07. The lowest BCUT2D eigenvalue weighted by Crippen LogP contribution is -2.11. The van der Waals surface area contributed by atoms with Gasteiger partial charge in [0.25, 0.3) is 0 Å². The topological polar surface area (TPSA) is 46.0 Å². The van der Waals surface area contributed by atoms with Crippen molar-refractivity contribution in [2.75, 3.05) is 0 Å². The Morgan fingerprint density at radius 3 is 1.75 bits per heavy atom. The molecule has 0 fully saturated rings. The van der Waals surface area contributed by atoms with Gasteiger partial charge in [-0.15, -0.1) is 0 Å². The van der Waals surface area contributed by atoms with Crippen molar-refractivity contribution in [3.05, 3.63) is 46.1 Å². The first-order valence-corrected chi connectivity index (χ1v) is 5.06. The van der Waals surface area contributed by atoms with Crippen LogP contribution in [0.1, 0.15) is 11.1 Å². The lowest BCUT2D eigenvalue weighted by atomic mass is 10.0. The molecule has 0 radical (unpaired) electrons. The summed E-state index contributed by atoms with van der Waals surface area (Å²) in [4.78, 5) is 12.8. The van der Waals surface area contributed by atoms with Crippen LogP contribution >= 0.6 is 0 Å². The zero-order chi connectivity index (χ0) is 15.1. The van der Waals surface area contributed by atoms with E-state index in [0.29, 0.717) is 12.1 Å². The molecule has 0 spiro atoms. The number of H-pyrrole nitrogens is 1. The molecular weight excluding hydrogens is 292 g/mol. The maximum Gasteiger partial charge on any atom is 0.416 e. The zero-order valence-electron chi connectivity index (χ0n) is 9.39. The average molecular weight is 297 g/mol. The molecule has 2 rings (SSSR count). The summed E-state index contributed by atoms with van der Waals surface area (Å²) < 4.78 is 80.0. The smallest absolute Gasteiger partial charge is 0.408 e. The SMILES string of the molecule is O=c1[nH]cc(-c2cc(C(F)(F)F)cc(C(F)(F)F)c2)o1. The molecule has 1 heterocycles. The third kappa shape index (κ3) is 2.86. The van der Waals surface area contributed by atoms with Crippen molar-refractivity contribution in [1.29, 1.82) is 0 Å². The van der Waals surface area contributed by atoms with Gasteiger partial charge in [-0.25, -0.2) is 4.79 Å². The van der Waals surface area contributed by atoms with Crippen molar-refractivity contribution >= 4 is 0 Å². The van der Waals surface area contributed by atoms with E-state index in [1.807, 2.05) is 4.98 Å². The molecule has 9 heteroatoms. The maximum atomic E-state index is 12.6. The molecule has 0 amide bonds. The summed E-state index contributed by atoms with van der Waals surface area (Å²) >= 11 is 0. The van der Waals surface area contributed by atoms with E-state index in [1.165, 1.54) is 0 Å². The van der Waals surface area contributed by atoms with E-state index in [9.17, 15) is 31.1 Å². The van der Waals surface area contributed by atoms with Gasteiger partial charge in [-0.1, -0.05) is 0 Å². The second kappa shape index (κ2) is 4.43. The molecule has 1 aromatic heterocycles. The number of oxazole rings is 1. The summed E-state index contributed by atoms with van der Waals surface area (Å²) in [7, 11) is 0. The summed E-state index contributed by atoms with van der Waals surface area (Å²) in [6, 6.07) is 0.941. The number of halogens is 6. The molecule has 0 aliphatic rings. The van der Waals surface area contributed by atoms with E-state index in [1.54, 1.807) is 0 Å². The van der Waals surface area contributed by atoms with Gasteiger partial charge in [0.05, 0.1) is 17.3 Å². The minimum atomic E-state index is -4.95. The standard InChI is InChI=1S/C11H5F6NO2/c12-10(13,14)6-1-5(8-4-18-9(19)20-8)2-7(3-6)11(15,16)17/h1-4H,(H,18,19). The van der Waals surface area contributed by atoms with Gasteiger partial charge >= 0.3 is 18.1 Å². The van der Waals surface area contributed by atoms with E-state index in [-0.39, 0.29) is 6.07 Å². The number of nitrogens with one attached hydrogen (secondary N) is 1. The quantitative estimate of drug-likeness (QED) is 0.816. The molecule has 0 unspecified atom stereocenters. The van der Waals surface area contributed by atoms with E-state index in [4.69, 9.17) is 0 Å². The minimum Gasteiger partial charge on any atom is -0.408 e. The number of alkyl halides is 6. The molecule has 1 aromatic carbocycles. The van der Waals surface area contributed by atoms with Crippen LogP contribution in [0.2, 0.25) is 0 Å². The first kappa shape index (κ1) is 14.2. The Bertz CT molecular complexity index is 647. The highest BCUT2D eigenvalue weighted by Crippen LogP contribution is 2.38. The van der Waals surface area contributed by atoms with Gasteiger partial charge in [-0.3, -0.25) is 4.98 Å². The molecule has 3 nitrogen and oxygen atoms in total. The Morgan fingerprint density at radius 1 is 0.900 bits per heavy atom. The molecule has 20 heavy (non-hydrogen) atoms. The summed E-state index contributed by atoms with van der Waals surface area (Å²) in [6.07, 6.45) is -9.02. The molecule has 0 bridgehead atoms. The number of aromatic amines is 1. The monoisotopic (exact) mass is 297 g/mol. The Balaban J connectivity index is 2.66. The van der Waals surface area contributed by atoms with Crippen LogP contribution in [0.3, 0.4) is 0 Å². The molecule has 0 saturated heterocycles. The van der Waals surface area contributed by atoms with Gasteiger partial charge in [-0.2, -0.15) is 26.3 Å². The molecule has 1 N–H and O–H groups in total. The van der Waals surface area contributed by atoms with Crippen LogP contribution in [0.4, 0.5) is 26.3 Å². The van der Waals surface area contributed by atoms with Crippen molar-refractivity contribution in [3.63, 3.8) is 0 Å². The molecular formula is C11H5F6NO2. The van der Waals surface area contributed by atoms with Crippen LogP contribution in [0.5, 0.6) is 0 Å². The number of aromatic nitrogens is 1. The Labute approximate surface area is 106 Å². The predicted octanol–water partition coefficient (Wildman–Crippen LogP) is 3.67. The lowest BCUT2D eigenvalue weighted by Gasteiger charge is -2.13. The fraction of sp³-hybridized carbons (Fsp3) is 0.182. The van der Waals surface area contributed by atoms with Crippen molar-refractivity contribution in [2.24, 2.45) is 0 Å². The number of hydrogen-bond donors (Lipinski definition) is 1. The third-order valence-electron chi connectivity index (χ3n) is 2.40. The van der Waals surface area contributed by atoms with Gasteiger partial charge < -0.3 is 4.42 Å². The molecule has 2 aromatic rings. The number of hydrogen-bond acceptors (Lipinski definition) is 2. The average Bonchev–Trinajstić information content (AvgIpc) is 2.73. The summed E-state index contributed by atoms with van der Waals surface area (Å²) in [6.45, 7) is 0. The largest absolute Gasteiger partial charge is 0.416 e. The molecule has 0 aliphatic carbocycles. The van der Waals surface area contributed by atoms with Crippen LogP contribution in [-0.4, -0.2) is 4.98 Å². The Morgan fingerprint density at radius 2 is 1.40 bits per heavy atom. The zero-order valence-corrected chi connectivity index (χ0v) is 9.39. The highest BCUT2D eigenvalue weighted by atomic mass is 19.4. The van der Waals surface area contributed by atoms with Gasteiger partial charge in [-0.05, 0) is 18.2 Å². The van der Waals surface area contributed by atoms with Gasteiger partial charge in [0.2, 0.25) is 0 Å². The fourth-order valence-corrected chi connectivity index (χ4v) is 1.52. The van der Waals surface area contributed by atoms with Crippen molar-refractivity contribution in [2.45, 2.75) is 12.4 Å². The van der Waals surface area contributed by atoms with E-state index >= 15 is 0 Å². The molecule has 0 saturated carbocycles. The molecule has 0 atom stereocenters. The van der Waals surface area contributed by atoms with Crippen molar-refractivity contribution < 1.29 is 30.8 Å². The van der Waals surface area contributed by atoms with Crippen LogP contribution < -0.4 is 5.76 Å². The fourth-order valence-electron chi connectivity index (χ4n) is 1.52. The normalized spacial score (nSPS) is 12.7. The Kier molecular flexibility index (Phi) is 3.15. The van der Waals surface area contributed by atoms with Crippen molar-refractivity contribution in [1.82, 2.24) is 4.98 Å². The van der Waals surface area contributed by atoms with E-state index < -0.39 is 40.6 Å². The maximum absolute atomic E-state index is 12.6. The van der Waals surface area contributed by atoms with Crippen LogP contribution in [0.15, 0.2) is 33.6 Å². The van der Waals surface area contributed by atoms with Crippen molar-refractivity contribution in [3.8, 4) is 11.3 Å². The predicted molar refractivity (Wildman–Crippen MR) is 54.8 cm³/mol. The first-order valence-electron chi connectivity index (χ1n) is 5.06. The van der Waals surface area contributed by atoms with Gasteiger partial charge in [0.15, 0.2) is 5.76 Å². The lowest BCUT2D eigenvalue weighted by molar-refractivity contribution is -0.143. The number of rotatable bonds is 1. The second-order valence-corrected chi connectivity index (χ2v) is 3.84. The minimum absolute atomic E-state index is 0.00569. The molecule has 108 valence electrons. The summed E-state index contributed by atoms with van der Waals surface area (Å²) in [5.41, 5.74) is -3.46. The van der Waals surface area contributed by atoms with E-state index in [0.717, 1.165) is 6.20 Å². The highest BCUT2D eigenvalue weighted by molar-refractivity contribution is 5.59. The summed E-state index contributed by atoms with van der Waals surface area (Å²) in [5, 5.41) is 0. The molecule has 0 aliphatic heterocycles. The number of benzene rings is 1. The third-order valence-corrected chi connectivity index (χ3v) is 2.40. The van der Waals surface area contributed by atoms with Gasteiger partial charge in [0, 0.05) is 5.56 Å². The summed E-state index contributed by atoms with van der Waals surface area (Å²) in [5.74, 6) is -1.39. The van der Waals surface area contributed by atoms with Crippen LogP contribution in [0, 0.1) is 0 Å². The highest BCUT2D eigenvalue weighted by Gasteiger charge is 2.37. The van der Waals surface area contributed by atoms with E-state index in [2.05, 4.69) is 4.42 Å².